The summed E-state index contributed by atoms with van der Waals surface area (Å²) in [6.45, 7) is 2.62. The highest BCUT2D eigenvalue weighted by Gasteiger charge is 2.30. The summed E-state index contributed by atoms with van der Waals surface area (Å²) in [5.74, 6) is 1.30. The molecule has 0 spiro atoms. The van der Waals surface area contributed by atoms with Crippen LogP contribution in [0.25, 0.3) is 10.3 Å². The van der Waals surface area contributed by atoms with E-state index in [-0.39, 0.29) is 0 Å². The summed E-state index contributed by atoms with van der Waals surface area (Å²) in [5, 5.41) is 11.6. The average Bonchev–Trinajstić information content (AvgIpc) is 3.50. The first-order valence-electron chi connectivity index (χ1n) is 11.3. The first-order chi connectivity index (χ1) is 17.3. The molecular formula is C24H21Cl2F3N6S. The van der Waals surface area contributed by atoms with Gasteiger partial charge in [0.15, 0.2) is 10.6 Å². The molecule has 3 heterocycles. The molecule has 1 aliphatic rings. The van der Waals surface area contributed by atoms with Crippen molar-refractivity contribution in [2.45, 2.75) is 19.0 Å². The van der Waals surface area contributed by atoms with Crippen LogP contribution in [-0.4, -0.2) is 34.6 Å². The third-order valence-electron chi connectivity index (χ3n) is 5.88. The van der Waals surface area contributed by atoms with Crippen LogP contribution >= 0.6 is 34.5 Å². The first kappa shape index (κ1) is 25.0. The predicted octanol–water partition coefficient (Wildman–Crippen LogP) is 6.77. The minimum absolute atomic E-state index is 0.402. The Hall–Kier alpha value is -2.66. The Bertz CT molecular complexity index is 1350. The van der Waals surface area contributed by atoms with Crippen LogP contribution in [0.1, 0.15) is 22.6 Å². The molecular weight excluding hydrogens is 532 g/mol. The van der Waals surface area contributed by atoms with Crippen LogP contribution in [0, 0.1) is 5.92 Å². The van der Waals surface area contributed by atoms with Crippen molar-refractivity contribution in [1.29, 1.82) is 0 Å². The number of alkyl halides is 3. The Morgan fingerprint density at radius 3 is 2.44 bits per heavy atom. The first-order valence-corrected chi connectivity index (χ1v) is 12.8. The summed E-state index contributed by atoms with van der Waals surface area (Å²) in [7, 11) is 0. The second-order valence-electron chi connectivity index (χ2n) is 8.47. The van der Waals surface area contributed by atoms with Gasteiger partial charge in [0.2, 0.25) is 5.95 Å². The van der Waals surface area contributed by atoms with E-state index in [1.54, 1.807) is 18.2 Å². The fraction of sp³-hybridized carbons (Fsp3) is 0.292. The van der Waals surface area contributed by atoms with E-state index >= 15 is 0 Å². The molecule has 0 bridgehead atoms. The summed E-state index contributed by atoms with van der Waals surface area (Å²) in [4.78, 5) is 14.6. The topological polar surface area (TPSA) is 74.8 Å². The van der Waals surface area contributed by atoms with E-state index in [1.807, 2.05) is 0 Å². The van der Waals surface area contributed by atoms with Gasteiger partial charge in [0.1, 0.15) is 10.5 Å². The lowest BCUT2D eigenvalue weighted by Gasteiger charge is -2.12. The molecule has 36 heavy (non-hydrogen) atoms. The lowest BCUT2D eigenvalue weighted by atomic mass is 10.1. The molecule has 3 N–H and O–H groups in total. The van der Waals surface area contributed by atoms with Gasteiger partial charge in [-0.3, -0.25) is 0 Å². The van der Waals surface area contributed by atoms with Crippen LogP contribution in [0.4, 0.5) is 30.6 Å². The maximum atomic E-state index is 13.0. The van der Waals surface area contributed by atoms with Gasteiger partial charge in [0, 0.05) is 28.7 Å². The van der Waals surface area contributed by atoms with Crippen LogP contribution in [0.3, 0.4) is 0 Å². The lowest BCUT2D eigenvalue weighted by molar-refractivity contribution is -0.137. The van der Waals surface area contributed by atoms with Crippen molar-refractivity contribution in [2.75, 3.05) is 30.3 Å². The molecule has 1 saturated heterocycles. The Morgan fingerprint density at radius 2 is 1.78 bits per heavy atom. The number of rotatable bonds is 7. The highest BCUT2D eigenvalue weighted by molar-refractivity contribution is 7.18. The van der Waals surface area contributed by atoms with E-state index in [2.05, 4.69) is 25.9 Å². The summed E-state index contributed by atoms with van der Waals surface area (Å²) in [5.41, 5.74) is 1.02. The van der Waals surface area contributed by atoms with Gasteiger partial charge in [-0.15, -0.1) is 0 Å². The van der Waals surface area contributed by atoms with Gasteiger partial charge in [-0.2, -0.15) is 18.2 Å². The monoisotopic (exact) mass is 552 g/mol. The maximum absolute atomic E-state index is 13.0. The Labute approximate surface area is 219 Å². The third-order valence-corrected chi connectivity index (χ3v) is 7.54. The molecule has 6 nitrogen and oxygen atoms in total. The molecule has 1 aliphatic heterocycles. The van der Waals surface area contributed by atoms with Gasteiger partial charge in [0.25, 0.3) is 0 Å². The van der Waals surface area contributed by atoms with Crippen LogP contribution in [0.15, 0.2) is 42.5 Å². The van der Waals surface area contributed by atoms with Crippen molar-refractivity contribution in [1.82, 2.24) is 20.3 Å². The number of fused-ring (bicyclic) bond motifs is 1. The largest absolute Gasteiger partial charge is 0.416 e. The fourth-order valence-corrected chi connectivity index (χ4v) is 5.44. The van der Waals surface area contributed by atoms with Crippen molar-refractivity contribution in [3.8, 4) is 0 Å². The predicted molar refractivity (Wildman–Crippen MR) is 139 cm³/mol. The molecule has 1 atom stereocenters. The zero-order valence-corrected chi connectivity index (χ0v) is 21.1. The van der Waals surface area contributed by atoms with E-state index in [1.165, 1.54) is 23.5 Å². The van der Waals surface area contributed by atoms with Gasteiger partial charge < -0.3 is 16.0 Å². The summed E-state index contributed by atoms with van der Waals surface area (Å²) in [6.07, 6.45) is -2.93. The maximum Gasteiger partial charge on any atom is 0.416 e. The van der Waals surface area contributed by atoms with Crippen LogP contribution < -0.4 is 16.0 Å². The van der Waals surface area contributed by atoms with E-state index in [4.69, 9.17) is 28.2 Å². The molecule has 188 valence electrons. The number of benzene rings is 2. The summed E-state index contributed by atoms with van der Waals surface area (Å²) in [6, 6.07) is 10.1. The quantitative estimate of drug-likeness (QED) is 0.235. The lowest BCUT2D eigenvalue weighted by Crippen LogP contribution is -2.18. The molecule has 0 unspecified atom stereocenters. The van der Waals surface area contributed by atoms with Crippen molar-refractivity contribution in [2.24, 2.45) is 5.92 Å². The minimum Gasteiger partial charge on any atom is -0.354 e. The Kier molecular flexibility index (Phi) is 7.21. The molecule has 2 aromatic carbocycles. The number of nitrogens with one attached hydrogen (secondary N) is 3. The molecule has 0 saturated carbocycles. The van der Waals surface area contributed by atoms with E-state index < -0.39 is 11.7 Å². The number of hydrogen-bond donors (Lipinski definition) is 3. The average molecular weight is 553 g/mol. The SMILES string of the molecule is FC(F)(F)c1ccc(Nc2nc(NC[C@@H]3CCNC3)nc3sc(Cc4c(Cl)cccc4Cl)nc23)cc1. The van der Waals surface area contributed by atoms with Crippen molar-refractivity contribution >= 4 is 62.3 Å². The Morgan fingerprint density at radius 1 is 1.03 bits per heavy atom. The van der Waals surface area contributed by atoms with Crippen molar-refractivity contribution < 1.29 is 13.2 Å². The van der Waals surface area contributed by atoms with E-state index in [0.717, 1.165) is 42.2 Å². The molecule has 0 radical (unpaired) electrons. The number of nitrogens with zero attached hydrogens (tertiary/aromatic N) is 3. The molecule has 1 fully saturated rings. The standard InChI is InChI=1S/C24H21Cl2F3N6S/c25-17-2-1-3-18(26)16(17)10-19-33-20-21(32-15-6-4-14(5-7-15)24(27,28)29)34-23(35-22(20)36-19)31-12-13-8-9-30-11-13/h1-7,13,30H,8-12H2,(H2,31,32,34,35)/t13-/m1/s1. The minimum atomic E-state index is -4.41. The zero-order chi connectivity index (χ0) is 25.3. The number of aromatic nitrogens is 3. The van der Waals surface area contributed by atoms with Crippen LogP contribution in [-0.2, 0) is 12.6 Å². The van der Waals surface area contributed by atoms with E-state index in [0.29, 0.717) is 56.7 Å². The number of anilines is 3. The van der Waals surface area contributed by atoms with Crippen molar-refractivity contribution in [3.05, 3.63) is 68.6 Å². The van der Waals surface area contributed by atoms with Gasteiger partial charge in [-0.1, -0.05) is 40.6 Å². The van der Waals surface area contributed by atoms with Crippen molar-refractivity contribution in [3.63, 3.8) is 0 Å². The fourth-order valence-electron chi connectivity index (χ4n) is 3.96. The Balaban J connectivity index is 1.47. The number of thiazole rings is 1. The molecule has 0 aliphatic carbocycles. The smallest absolute Gasteiger partial charge is 0.354 e. The third kappa shape index (κ3) is 5.67. The molecule has 0 amide bonds. The summed E-state index contributed by atoms with van der Waals surface area (Å²) < 4.78 is 38.9. The summed E-state index contributed by atoms with van der Waals surface area (Å²) >= 11 is 14.1. The molecule has 5 rings (SSSR count). The second-order valence-corrected chi connectivity index (χ2v) is 10.4. The zero-order valence-electron chi connectivity index (χ0n) is 18.8. The molecule has 12 heteroatoms. The van der Waals surface area contributed by atoms with Gasteiger partial charge in [-0.25, -0.2) is 9.97 Å². The number of halogens is 5. The highest BCUT2D eigenvalue weighted by Crippen LogP contribution is 2.34. The molecule has 2 aromatic heterocycles. The van der Waals surface area contributed by atoms with Gasteiger partial charge in [0.05, 0.1) is 5.56 Å². The van der Waals surface area contributed by atoms with Crippen LogP contribution in [0.5, 0.6) is 0 Å². The van der Waals surface area contributed by atoms with Gasteiger partial charge >= 0.3 is 6.18 Å². The second kappa shape index (κ2) is 10.4. The van der Waals surface area contributed by atoms with Gasteiger partial charge in [-0.05, 0) is 67.4 Å². The molecule has 4 aromatic rings. The number of hydrogen-bond acceptors (Lipinski definition) is 7. The van der Waals surface area contributed by atoms with Crippen LogP contribution in [0.2, 0.25) is 10.0 Å². The normalized spacial score (nSPS) is 16.0. The highest BCUT2D eigenvalue weighted by atomic mass is 35.5. The van der Waals surface area contributed by atoms with E-state index in [9.17, 15) is 13.2 Å².